The minimum atomic E-state index is -4.44. The van der Waals surface area contributed by atoms with Gasteiger partial charge in [-0.1, -0.05) is 6.92 Å². The second-order valence-corrected chi connectivity index (χ2v) is 6.00. The Bertz CT molecular complexity index is 364. The van der Waals surface area contributed by atoms with Crippen LogP contribution in [0.1, 0.15) is 13.3 Å². The normalized spacial score (nSPS) is 29.9. The van der Waals surface area contributed by atoms with Crippen LogP contribution < -0.4 is 5.32 Å². The number of piperidine rings is 1. The quantitative estimate of drug-likeness (QED) is 0.502. The number of carbonyl (C=O) groups excluding carboxylic acids is 1. The SMILES string of the molecule is C[C@@H]1CCN[C@@H](C(=O)O)[C@H]1C(=O)CP(=O)(O)O. The zero-order chi connectivity index (χ0) is 13.2. The van der Waals surface area contributed by atoms with E-state index < -0.39 is 37.5 Å². The van der Waals surface area contributed by atoms with Crippen molar-refractivity contribution in [1.82, 2.24) is 5.32 Å². The first kappa shape index (κ1) is 14.3. The molecular formula is C9H16NO6P. The highest BCUT2D eigenvalue weighted by molar-refractivity contribution is 7.52. The lowest BCUT2D eigenvalue weighted by Gasteiger charge is -2.33. The van der Waals surface area contributed by atoms with E-state index in [0.717, 1.165) is 0 Å². The number of aliphatic carboxylic acids is 1. The van der Waals surface area contributed by atoms with E-state index in [0.29, 0.717) is 13.0 Å². The maximum Gasteiger partial charge on any atom is 0.332 e. The van der Waals surface area contributed by atoms with Crippen molar-refractivity contribution in [1.29, 1.82) is 0 Å². The lowest BCUT2D eigenvalue weighted by molar-refractivity contribution is -0.145. The van der Waals surface area contributed by atoms with Crippen LogP contribution in [0.15, 0.2) is 0 Å². The van der Waals surface area contributed by atoms with Crippen molar-refractivity contribution in [3.63, 3.8) is 0 Å². The summed E-state index contributed by atoms with van der Waals surface area (Å²) in [6, 6.07) is -1.06. The van der Waals surface area contributed by atoms with Gasteiger partial charge in [0.15, 0.2) is 0 Å². The van der Waals surface area contributed by atoms with E-state index in [-0.39, 0.29) is 5.92 Å². The second kappa shape index (κ2) is 5.27. The summed E-state index contributed by atoms with van der Waals surface area (Å²) in [5.74, 6) is -2.93. The lowest BCUT2D eigenvalue weighted by atomic mass is 9.79. The Kier molecular flexibility index (Phi) is 4.43. The van der Waals surface area contributed by atoms with Crippen molar-refractivity contribution in [2.75, 3.05) is 12.7 Å². The van der Waals surface area contributed by atoms with E-state index in [2.05, 4.69) is 5.32 Å². The molecule has 3 atom stereocenters. The molecule has 0 aliphatic carbocycles. The van der Waals surface area contributed by atoms with Gasteiger partial charge in [-0.05, 0) is 18.9 Å². The number of carbonyl (C=O) groups is 2. The topological polar surface area (TPSA) is 124 Å². The Morgan fingerprint density at radius 1 is 1.41 bits per heavy atom. The minimum absolute atomic E-state index is 0.198. The summed E-state index contributed by atoms with van der Waals surface area (Å²) < 4.78 is 10.8. The molecule has 1 aliphatic heterocycles. The van der Waals surface area contributed by atoms with Crippen molar-refractivity contribution in [3.8, 4) is 0 Å². The Morgan fingerprint density at radius 2 is 2.00 bits per heavy atom. The van der Waals surface area contributed by atoms with Crippen molar-refractivity contribution in [3.05, 3.63) is 0 Å². The fraction of sp³-hybridized carbons (Fsp3) is 0.778. The standard InChI is InChI=1S/C9H16NO6P/c1-5-2-3-10-8(9(12)13)7(5)6(11)4-17(14,15)16/h5,7-8,10H,2-4H2,1H3,(H,12,13)(H2,14,15,16)/t5-,7-,8-/m1/s1. The summed E-state index contributed by atoms with van der Waals surface area (Å²) in [4.78, 5) is 40.2. The van der Waals surface area contributed by atoms with Crippen molar-refractivity contribution in [2.24, 2.45) is 11.8 Å². The molecule has 0 bridgehead atoms. The first-order chi connectivity index (χ1) is 7.72. The zero-order valence-electron chi connectivity index (χ0n) is 9.37. The lowest BCUT2D eigenvalue weighted by Crippen LogP contribution is -2.53. The van der Waals surface area contributed by atoms with E-state index in [1.54, 1.807) is 6.92 Å². The Balaban J connectivity index is 2.85. The highest BCUT2D eigenvalue weighted by atomic mass is 31.2. The summed E-state index contributed by atoms with van der Waals surface area (Å²) >= 11 is 0. The van der Waals surface area contributed by atoms with Crippen LogP contribution in [0.5, 0.6) is 0 Å². The Labute approximate surface area is 98.4 Å². The van der Waals surface area contributed by atoms with Gasteiger partial charge in [-0.15, -0.1) is 0 Å². The molecule has 0 spiro atoms. The highest BCUT2D eigenvalue weighted by Crippen LogP contribution is 2.37. The third-order valence-electron chi connectivity index (χ3n) is 2.94. The third kappa shape index (κ3) is 3.89. The number of hydrogen-bond acceptors (Lipinski definition) is 4. The van der Waals surface area contributed by atoms with Crippen molar-refractivity contribution in [2.45, 2.75) is 19.4 Å². The monoisotopic (exact) mass is 265 g/mol. The molecule has 1 aliphatic rings. The van der Waals surface area contributed by atoms with Gasteiger partial charge in [0.25, 0.3) is 0 Å². The van der Waals surface area contributed by atoms with Crippen LogP contribution in [0.2, 0.25) is 0 Å². The molecule has 8 heteroatoms. The van der Waals surface area contributed by atoms with Gasteiger partial charge in [0.1, 0.15) is 18.0 Å². The maximum absolute atomic E-state index is 11.7. The molecule has 0 unspecified atom stereocenters. The molecule has 1 rings (SSSR count). The maximum atomic E-state index is 11.7. The molecule has 0 saturated carbocycles. The van der Waals surface area contributed by atoms with Crippen LogP contribution in [0.4, 0.5) is 0 Å². The fourth-order valence-corrected chi connectivity index (χ4v) is 2.77. The molecule has 1 heterocycles. The zero-order valence-corrected chi connectivity index (χ0v) is 10.3. The molecule has 4 N–H and O–H groups in total. The van der Waals surface area contributed by atoms with Gasteiger partial charge in [-0.25, -0.2) is 0 Å². The van der Waals surface area contributed by atoms with E-state index >= 15 is 0 Å². The average Bonchev–Trinajstić information content (AvgIpc) is 2.13. The smallest absolute Gasteiger partial charge is 0.332 e. The predicted molar refractivity (Wildman–Crippen MR) is 58.6 cm³/mol. The fourth-order valence-electron chi connectivity index (χ4n) is 2.15. The summed E-state index contributed by atoms with van der Waals surface area (Å²) in [7, 11) is -4.44. The van der Waals surface area contributed by atoms with E-state index in [1.807, 2.05) is 0 Å². The molecule has 0 aromatic heterocycles. The van der Waals surface area contributed by atoms with Gasteiger partial charge in [0, 0.05) is 5.92 Å². The van der Waals surface area contributed by atoms with Gasteiger partial charge >= 0.3 is 13.6 Å². The number of carboxylic acids is 1. The average molecular weight is 265 g/mol. The molecule has 0 aromatic carbocycles. The van der Waals surface area contributed by atoms with Gasteiger partial charge in [-0.3, -0.25) is 14.2 Å². The van der Waals surface area contributed by atoms with E-state index in [9.17, 15) is 14.2 Å². The van der Waals surface area contributed by atoms with Crippen molar-refractivity contribution >= 4 is 19.3 Å². The molecule has 0 amide bonds. The van der Waals surface area contributed by atoms with Gasteiger partial charge < -0.3 is 20.2 Å². The number of nitrogens with one attached hydrogen (secondary N) is 1. The summed E-state index contributed by atoms with van der Waals surface area (Å²) in [6.45, 7) is 2.21. The molecule has 1 fully saturated rings. The molecule has 7 nitrogen and oxygen atoms in total. The first-order valence-electron chi connectivity index (χ1n) is 5.26. The summed E-state index contributed by atoms with van der Waals surface area (Å²) in [6.07, 6.45) is -0.283. The molecule has 98 valence electrons. The predicted octanol–water partition coefficient (Wildman–Crippen LogP) is -0.568. The Morgan fingerprint density at radius 3 is 2.47 bits per heavy atom. The van der Waals surface area contributed by atoms with Gasteiger partial charge in [0.2, 0.25) is 0 Å². The Hall–Kier alpha value is -0.750. The number of ketones is 1. The summed E-state index contributed by atoms with van der Waals surface area (Å²) in [5, 5.41) is 11.7. The van der Waals surface area contributed by atoms with Crippen LogP contribution in [0.3, 0.4) is 0 Å². The molecule has 0 aromatic rings. The van der Waals surface area contributed by atoms with Crippen LogP contribution in [-0.4, -0.2) is 45.4 Å². The van der Waals surface area contributed by atoms with Crippen LogP contribution in [0, 0.1) is 11.8 Å². The molecule has 0 radical (unpaired) electrons. The van der Waals surface area contributed by atoms with Crippen molar-refractivity contribution < 1.29 is 29.0 Å². The van der Waals surface area contributed by atoms with Gasteiger partial charge in [-0.2, -0.15) is 0 Å². The number of rotatable bonds is 4. The number of carboxylic acid groups (broad SMARTS) is 1. The summed E-state index contributed by atoms with van der Waals surface area (Å²) in [5.41, 5.74) is 0. The largest absolute Gasteiger partial charge is 0.480 e. The van der Waals surface area contributed by atoms with Crippen LogP contribution in [-0.2, 0) is 14.2 Å². The number of Topliss-reactive ketones (excluding diaryl/α,β-unsaturated/α-hetero) is 1. The van der Waals surface area contributed by atoms with Crippen LogP contribution >= 0.6 is 7.60 Å². The number of hydrogen-bond donors (Lipinski definition) is 4. The van der Waals surface area contributed by atoms with E-state index in [4.69, 9.17) is 14.9 Å². The molecule has 1 saturated heterocycles. The minimum Gasteiger partial charge on any atom is -0.480 e. The highest BCUT2D eigenvalue weighted by Gasteiger charge is 2.41. The van der Waals surface area contributed by atoms with Gasteiger partial charge in [0.05, 0.1) is 0 Å². The first-order valence-corrected chi connectivity index (χ1v) is 7.05. The second-order valence-electron chi connectivity index (χ2n) is 4.35. The molecular weight excluding hydrogens is 249 g/mol. The molecule has 17 heavy (non-hydrogen) atoms. The third-order valence-corrected chi connectivity index (χ3v) is 3.66. The van der Waals surface area contributed by atoms with E-state index in [1.165, 1.54) is 0 Å². The van der Waals surface area contributed by atoms with Crippen LogP contribution in [0.25, 0.3) is 0 Å².